The number of methoxy groups -OCH3 is 1. The molecule has 0 aliphatic rings. The van der Waals surface area contributed by atoms with Crippen LogP contribution in [0.2, 0.25) is 0 Å². The fraction of sp³-hybridized carbons (Fsp3) is 0.176. The molecule has 0 fully saturated rings. The van der Waals surface area contributed by atoms with E-state index in [4.69, 9.17) is 14.9 Å². The zero-order valence-corrected chi connectivity index (χ0v) is 14.1. The minimum Gasteiger partial charge on any atom is -0.497 e. The van der Waals surface area contributed by atoms with E-state index in [0.29, 0.717) is 29.9 Å². The van der Waals surface area contributed by atoms with Crippen LogP contribution in [0.1, 0.15) is 5.56 Å². The summed E-state index contributed by atoms with van der Waals surface area (Å²) < 4.78 is 11.9. The topological polar surface area (TPSA) is 116 Å². The first-order valence-corrected chi connectivity index (χ1v) is 8.04. The summed E-state index contributed by atoms with van der Waals surface area (Å²) in [5.41, 5.74) is 7.11. The van der Waals surface area contributed by atoms with Gasteiger partial charge in [0, 0.05) is 6.54 Å². The van der Waals surface area contributed by atoms with E-state index in [9.17, 15) is 0 Å². The fourth-order valence-electron chi connectivity index (χ4n) is 2.54. The largest absolute Gasteiger partial charge is 0.497 e. The molecule has 3 heterocycles. The molecular weight excluding hydrogens is 334 g/mol. The molecule has 132 valence electrons. The first-order valence-electron chi connectivity index (χ1n) is 8.04. The Labute approximate surface area is 148 Å². The number of anilines is 2. The quantitative estimate of drug-likeness (QED) is 0.542. The lowest BCUT2D eigenvalue weighted by Gasteiger charge is -2.07. The third-order valence-corrected chi connectivity index (χ3v) is 3.81. The van der Waals surface area contributed by atoms with Crippen molar-refractivity contribution >= 4 is 17.7 Å². The highest BCUT2D eigenvalue weighted by molar-refractivity contribution is 5.52. The summed E-state index contributed by atoms with van der Waals surface area (Å²) in [7, 11) is 1.65. The van der Waals surface area contributed by atoms with E-state index in [1.807, 2.05) is 24.3 Å². The maximum Gasteiger partial charge on any atom is 0.259 e. The molecule has 4 rings (SSSR count). The molecule has 0 atom stereocenters. The van der Waals surface area contributed by atoms with Crippen LogP contribution >= 0.6 is 0 Å². The predicted molar refractivity (Wildman–Crippen MR) is 95.9 cm³/mol. The molecule has 3 N–H and O–H groups in total. The Morgan fingerprint density at radius 2 is 2.12 bits per heavy atom. The van der Waals surface area contributed by atoms with Crippen LogP contribution in [0.15, 0.2) is 47.1 Å². The van der Waals surface area contributed by atoms with E-state index in [1.54, 1.807) is 25.5 Å². The number of fused-ring (bicyclic) bond motifs is 1. The highest BCUT2D eigenvalue weighted by Crippen LogP contribution is 2.18. The number of hydrogen-bond donors (Lipinski definition) is 2. The molecule has 0 aliphatic carbocycles. The van der Waals surface area contributed by atoms with Crippen LogP contribution in [0.5, 0.6) is 5.75 Å². The van der Waals surface area contributed by atoms with Crippen molar-refractivity contribution in [3.05, 3.63) is 48.2 Å². The molecule has 0 amide bonds. The number of benzene rings is 1. The molecule has 4 aromatic rings. The second-order valence-corrected chi connectivity index (χ2v) is 5.56. The van der Waals surface area contributed by atoms with Gasteiger partial charge in [0.1, 0.15) is 5.75 Å². The van der Waals surface area contributed by atoms with E-state index in [2.05, 4.69) is 25.4 Å². The zero-order valence-electron chi connectivity index (χ0n) is 14.1. The van der Waals surface area contributed by atoms with Gasteiger partial charge in [0.25, 0.3) is 5.78 Å². The summed E-state index contributed by atoms with van der Waals surface area (Å²) in [6, 6.07) is 11.4. The normalized spacial score (nSPS) is 11.0. The SMILES string of the molecule is COc1cccc(CCNc2nc(N)n3nc(-c4ccco4)nc3n2)c1. The minimum absolute atomic E-state index is 0.198. The number of nitrogens with two attached hydrogens (primary N) is 1. The molecular formula is C17H17N7O2. The van der Waals surface area contributed by atoms with E-state index >= 15 is 0 Å². The monoisotopic (exact) mass is 351 g/mol. The maximum absolute atomic E-state index is 5.97. The van der Waals surface area contributed by atoms with Crippen molar-refractivity contribution in [2.75, 3.05) is 24.7 Å². The molecule has 1 aromatic carbocycles. The van der Waals surface area contributed by atoms with Gasteiger partial charge in [-0.25, -0.2) is 0 Å². The maximum atomic E-state index is 5.97. The Balaban J connectivity index is 1.50. The molecule has 0 bridgehead atoms. The number of aromatic nitrogens is 5. The molecule has 26 heavy (non-hydrogen) atoms. The summed E-state index contributed by atoms with van der Waals surface area (Å²) in [5.74, 6) is 2.73. The van der Waals surface area contributed by atoms with Gasteiger partial charge in [-0.05, 0) is 36.2 Å². The number of nitrogen functional groups attached to an aromatic ring is 1. The second kappa shape index (κ2) is 6.71. The standard InChI is InChI=1S/C17H17N7O2/c1-25-12-5-2-4-11(10-12)7-8-19-16-21-15(18)24-17(22-16)20-14(23-24)13-6-3-9-26-13/h2-6,9-10H,7-8H2,1H3,(H3,18,19,20,21,22,23). The van der Waals surface area contributed by atoms with Crippen molar-refractivity contribution in [2.24, 2.45) is 0 Å². The van der Waals surface area contributed by atoms with Gasteiger partial charge in [0.15, 0.2) is 5.76 Å². The van der Waals surface area contributed by atoms with E-state index in [0.717, 1.165) is 17.7 Å². The summed E-state index contributed by atoms with van der Waals surface area (Å²) >= 11 is 0. The van der Waals surface area contributed by atoms with Crippen LogP contribution in [0.4, 0.5) is 11.9 Å². The Kier molecular flexibility index (Phi) is 4.10. The highest BCUT2D eigenvalue weighted by atomic mass is 16.5. The summed E-state index contributed by atoms with van der Waals surface area (Å²) in [4.78, 5) is 12.9. The van der Waals surface area contributed by atoms with Gasteiger partial charge in [0.05, 0.1) is 13.4 Å². The third-order valence-electron chi connectivity index (χ3n) is 3.81. The van der Waals surface area contributed by atoms with Crippen molar-refractivity contribution < 1.29 is 9.15 Å². The number of rotatable bonds is 6. The Bertz CT molecular complexity index is 1030. The number of hydrogen-bond acceptors (Lipinski definition) is 8. The number of furan rings is 1. The van der Waals surface area contributed by atoms with Crippen LogP contribution in [-0.2, 0) is 6.42 Å². The van der Waals surface area contributed by atoms with Crippen LogP contribution in [0.3, 0.4) is 0 Å². The summed E-state index contributed by atoms with van der Waals surface area (Å²) in [6.45, 7) is 0.641. The lowest BCUT2D eigenvalue weighted by molar-refractivity contribution is 0.414. The van der Waals surface area contributed by atoms with Crippen molar-refractivity contribution in [2.45, 2.75) is 6.42 Å². The molecule has 9 heteroatoms. The lowest BCUT2D eigenvalue weighted by atomic mass is 10.1. The highest BCUT2D eigenvalue weighted by Gasteiger charge is 2.13. The first kappa shape index (κ1) is 15.9. The summed E-state index contributed by atoms with van der Waals surface area (Å²) in [5, 5.41) is 7.42. The number of nitrogens with one attached hydrogen (secondary N) is 1. The molecule has 0 unspecified atom stereocenters. The van der Waals surface area contributed by atoms with Gasteiger partial charge < -0.3 is 20.2 Å². The molecule has 3 aromatic heterocycles. The Morgan fingerprint density at radius 3 is 2.92 bits per heavy atom. The van der Waals surface area contributed by atoms with Crippen LogP contribution in [0, 0.1) is 0 Å². The van der Waals surface area contributed by atoms with E-state index in [-0.39, 0.29) is 5.95 Å². The van der Waals surface area contributed by atoms with Crippen molar-refractivity contribution in [3.63, 3.8) is 0 Å². The second-order valence-electron chi connectivity index (χ2n) is 5.56. The summed E-state index contributed by atoms with van der Waals surface area (Å²) in [6.07, 6.45) is 2.34. The molecule has 0 spiro atoms. The van der Waals surface area contributed by atoms with Crippen LogP contribution < -0.4 is 15.8 Å². The lowest BCUT2D eigenvalue weighted by Crippen LogP contribution is -2.12. The minimum atomic E-state index is 0.198. The van der Waals surface area contributed by atoms with Gasteiger partial charge >= 0.3 is 0 Å². The van der Waals surface area contributed by atoms with Gasteiger partial charge in [0.2, 0.25) is 17.7 Å². The number of nitrogens with zero attached hydrogens (tertiary/aromatic N) is 5. The van der Waals surface area contributed by atoms with Gasteiger partial charge in [-0.1, -0.05) is 12.1 Å². The van der Waals surface area contributed by atoms with Crippen LogP contribution in [-0.4, -0.2) is 38.2 Å². The van der Waals surface area contributed by atoms with Gasteiger partial charge in [-0.3, -0.25) is 0 Å². The molecule has 0 saturated heterocycles. The Morgan fingerprint density at radius 1 is 1.19 bits per heavy atom. The molecule has 0 saturated carbocycles. The third kappa shape index (κ3) is 3.14. The average Bonchev–Trinajstić information content (AvgIpc) is 3.31. The predicted octanol–water partition coefficient (Wildman–Crippen LogP) is 2.02. The smallest absolute Gasteiger partial charge is 0.259 e. The van der Waals surface area contributed by atoms with E-state index < -0.39 is 0 Å². The van der Waals surface area contributed by atoms with Gasteiger partial charge in [-0.15, -0.1) is 5.10 Å². The zero-order chi connectivity index (χ0) is 17.9. The molecule has 0 aliphatic heterocycles. The fourth-order valence-corrected chi connectivity index (χ4v) is 2.54. The first-order chi connectivity index (χ1) is 12.7. The Hall–Kier alpha value is -3.62. The van der Waals surface area contributed by atoms with Gasteiger partial charge in [-0.2, -0.15) is 19.5 Å². The molecule has 0 radical (unpaired) electrons. The molecule has 9 nitrogen and oxygen atoms in total. The van der Waals surface area contributed by atoms with Crippen molar-refractivity contribution in [3.8, 4) is 17.3 Å². The average molecular weight is 351 g/mol. The van der Waals surface area contributed by atoms with E-state index in [1.165, 1.54) is 4.52 Å². The van der Waals surface area contributed by atoms with Crippen molar-refractivity contribution in [1.82, 2.24) is 24.6 Å². The van der Waals surface area contributed by atoms with Crippen molar-refractivity contribution in [1.29, 1.82) is 0 Å². The number of ether oxygens (including phenoxy) is 1. The van der Waals surface area contributed by atoms with Crippen LogP contribution in [0.25, 0.3) is 17.4 Å².